The molecule has 3 aromatic rings. The van der Waals surface area contributed by atoms with Gasteiger partial charge in [-0.1, -0.05) is 35.3 Å². The van der Waals surface area contributed by atoms with Gasteiger partial charge in [-0.3, -0.25) is 10.1 Å². The quantitative estimate of drug-likeness (QED) is 0.425. The van der Waals surface area contributed by atoms with Gasteiger partial charge >= 0.3 is 5.97 Å². The molecule has 2 unspecified atom stereocenters. The molecule has 2 heterocycles. The van der Waals surface area contributed by atoms with E-state index in [2.05, 4.69) is 5.32 Å². The first kappa shape index (κ1) is 24.0. The second-order valence-corrected chi connectivity index (χ2v) is 9.76. The molecule has 0 bridgehead atoms. The summed E-state index contributed by atoms with van der Waals surface area (Å²) in [6.07, 6.45) is -0.729. The van der Waals surface area contributed by atoms with Crippen LogP contribution in [0, 0.1) is 5.82 Å². The highest BCUT2D eigenvalue weighted by Gasteiger charge is 2.41. The van der Waals surface area contributed by atoms with Crippen LogP contribution >= 0.6 is 23.2 Å². The van der Waals surface area contributed by atoms with E-state index in [1.54, 1.807) is 35.9 Å². The topological polar surface area (TPSA) is 83.7 Å². The van der Waals surface area contributed by atoms with E-state index in [4.69, 9.17) is 27.9 Å². The zero-order valence-corrected chi connectivity index (χ0v) is 20.0. The summed E-state index contributed by atoms with van der Waals surface area (Å²) in [5.41, 5.74) is -0.245. The average molecular weight is 495 g/mol. The van der Waals surface area contributed by atoms with Gasteiger partial charge < -0.3 is 19.5 Å². The van der Waals surface area contributed by atoms with Crippen LogP contribution in [0.3, 0.4) is 0 Å². The molecule has 2 aromatic carbocycles. The number of carboxylic acids is 1. The number of rotatable bonds is 6. The van der Waals surface area contributed by atoms with Gasteiger partial charge in [-0.25, -0.2) is 4.39 Å². The van der Waals surface area contributed by atoms with Crippen LogP contribution in [-0.4, -0.2) is 34.0 Å². The van der Waals surface area contributed by atoms with E-state index in [0.29, 0.717) is 45.3 Å². The lowest BCUT2D eigenvalue weighted by atomic mass is 9.81. The number of benzene rings is 2. The van der Waals surface area contributed by atoms with E-state index in [-0.39, 0.29) is 6.61 Å². The third kappa shape index (κ3) is 4.02. The summed E-state index contributed by atoms with van der Waals surface area (Å²) in [6.45, 7) is 3.59. The van der Waals surface area contributed by atoms with Crippen LogP contribution in [0.4, 0.5) is 4.39 Å². The summed E-state index contributed by atoms with van der Waals surface area (Å²) in [4.78, 5) is 11.6. The summed E-state index contributed by atoms with van der Waals surface area (Å²) in [7, 11) is 1.80. The minimum atomic E-state index is -1.24. The van der Waals surface area contributed by atoms with Gasteiger partial charge in [-0.15, -0.1) is 0 Å². The largest absolute Gasteiger partial charge is 0.481 e. The van der Waals surface area contributed by atoms with Crippen molar-refractivity contribution in [2.45, 2.75) is 37.5 Å². The summed E-state index contributed by atoms with van der Waals surface area (Å²) in [5.74, 6) is -1.60. The first-order valence-electron chi connectivity index (χ1n) is 10.5. The van der Waals surface area contributed by atoms with Gasteiger partial charge in [-0.05, 0) is 50.1 Å². The van der Waals surface area contributed by atoms with E-state index in [1.165, 1.54) is 19.9 Å². The third-order valence-corrected chi connectivity index (χ3v) is 7.43. The number of nitrogens with zero attached hydrogens (tertiary/aromatic N) is 1. The van der Waals surface area contributed by atoms with Crippen LogP contribution in [0.2, 0.25) is 10.0 Å². The Morgan fingerprint density at radius 3 is 2.61 bits per heavy atom. The molecule has 3 N–H and O–H groups in total. The van der Waals surface area contributed by atoms with Crippen LogP contribution in [0.15, 0.2) is 36.4 Å². The van der Waals surface area contributed by atoms with Crippen molar-refractivity contribution in [2.75, 3.05) is 13.2 Å². The number of aliphatic carboxylic acids is 1. The van der Waals surface area contributed by atoms with Gasteiger partial charge in [0.25, 0.3) is 0 Å². The lowest BCUT2D eigenvalue weighted by Crippen LogP contribution is -2.46. The van der Waals surface area contributed by atoms with Gasteiger partial charge in [0.05, 0.1) is 33.3 Å². The molecule has 0 spiro atoms. The number of aliphatic hydroxyl groups is 1. The molecule has 4 rings (SSSR count). The Labute approximate surface area is 200 Å². The van der Waals surface area contributed by atoms with Gasteiger partial charge in [0.1, 0.15) is 12.0 Å². The number of carboxylic acid groups (broad SMARTS) is 1. The maximum absolute atomic E-state index is 15.3. The van der Waals surface area contributed by atoms with Crippen molar-refractivity contribution >= 4 is 40.1 Å². The molecule has 1 aliphatic heterocycles. The number of carbonyl (C=O) groups is 1. The van der Waals surface area contributed by atoms with E-state index in [9.17, 15) is 15.0 Å². The molecule has 1 aromatic heterocycles. The molecule has 176 valence electrons. The summed E-state index contributed by atoms with van der Waals surface area (Å²) in [6, 6.07) is 9.69. The average Bonchev–Trinajstić information content (AvgIpc) is 3.36. The monoisotopic (exact) mass is 494 g/mol. The number of aromatic nitrogens is 1. The van der Waals surface area contributed by atoms with Crippen molar-refractivity contribution in [3.8, 4) is 0 Å². The molecule has 2 atom stereocenters. The van der Waals surface area contributed by atoms with Crippen LogP contribution in [0.25, 0.3) is 10.9 Å². The predicted octanol–water partition coefficient (Wildman–Crippen LogP) is 4.88. The fourth-order valence-electron chi connectivity index (χ4n) is 4.35. The lowest BCUT2D eigenvalue weighted by molar-refractivity contribution is -0.142. The number of aryl methyl sites for hydroxylation is 1. The number of halogens is 3. The Hall–Kier alpha value is -2.16. The molecule has 1 aliphatic rings. The number of aliphatic hydroxyl groups excluding tert-OH is 1. The number of hydrogen-bond donors (Lipinski definition) is 3. The Morgan fingerprint density at radius 1 is 1.27 bits per heavy atom. The number of nitrogens with one attached hydrogen (secondary N) is 1. The molecule has 9 heteroatoms. The lowest BCUT2D eigenvalue weighted by Gasteiger charge is -2.33. The van der Waals surface area contributed by atoms with Gasteiger partial charge in [0, 0.05) is 30.1 Å². The molecule has 0 amide bonds. The zero-order valence-electron chi connectivity index (χ0n) is 18.5. The maximum Gasteiger partial charge on any atom is 0.313 e. The number of hydrogen-bond acceptors (Lipinski definition) is 4. The Balaban J connectivity index is 1.71. The molecule has 1 fully saturated rings. The summed E-state index contributed by atoms with van der Waals surface area (Å²) >= 11 is 12.5. The third-order valence-electron chi connectivity index (χ3n) is 6.61. The molecule has 0 radical (unpaired) electrons. The van der Waals surface area contributed by atoms with Crippen molar-refractivity contribution in [3.63, 3.8) is 0 Å². The minimum absolute atomic E-state index is 0.152. The van der Waals surface area contributed by atoms with Crippen LogP contribution in [0.1, 0.15) is 43.3 Å². The number of ether oxygens (including phenoxy) is 1. The van der Waals surface area contributed by atoms with E-state index in [0.717, 1.165) is 5.52 Å². The van der Waals surface area contributed by atoms with Crippen LogP contribution in [0.5, 0.6) is 0 Å². The molecule has 1 saturated heterocycles. The fraction of sp³-hybridized carbons (Fsp3) is 0.375. The van der Waals surface area contributed by atoms with E-state index in [1.807, 2.05) is 6.07 Å². The molecule has 0 saturated carbocycles. The first-order chi connectivity index (χ1) is 15.5. The smallest absolute Gasteiger partial charge is 0.313 e. The maximum atomic E-state index is 15.3. The normalized spacial score (nSPS) is 19.8. The molecular formula is C24H25Cl2FN2O4. The van der Waals surface area contributed by atoms with E-state index >= 15 is 4.39 Å². The van der Waals surface area contributed by atoms with Crippen molar-refractivity contribution in [3.05, 3.63) is 69.1 Å². The highest BCUT2D eigenvalue weighted by atomic mass is 35.5. The van der Waals surface area contributed by atoms with Crippen molar-refractivity contribution in [2.24, 2.45) is 7.05 Å². The summed E-state index contributed by atoms with van der Waals surface area (Å²) < 4.78 is 22.7. The van der Waals surface area contributed by atoms with Gasteiger partial charge in [0.2, 0.25) is 0 Å². The van der Waals surface area contributed by atoms with Gasteiger partial charge in [0.15, 0.2) is 0 Å². The summed E-state index contributed by atoms with van der Waals surface area (Å²) in [5, 5.41) is 25.3. The fourth-order valence-corrected chi connectivity index (χ4v) is 4.73. The highest BCUT2D eigenvalue weighted by molar-refractivity contribution is 6.45. The second-order valence-electron chi connectivity index (χ2n) is 8.98. The second kappa shape index (κ2) is 8.56. The SMILES string of the molecule is Cn1c(C(O)NC2(c3ccc(C(C)(C)C(=O)O)cc3F)CCOC2)cc2c(Cl)c(Cl)ccc21. The van der Waals surface area contributed by atoms with Crippen molar-refractivity contribution < 1.29 is 24.1 Å². The van der Waals surface area contributed by atoms with Crippen LogP contribution < -0.4 is 5.32 Å². The van der Waals surface area contributed by atoms with Crippen molar-refractivity contribution in [1.29, 1.82) is 0 Å². The highest BCUT2D eigenvalue weighted by Crippen LogP contribution is 2.38. The zero-order chi connectivity index (χ0) is 24.1. The number of fused-ring (bicyclic) bond motifs is 1. The first-order valence-corrected chi connectivity index (χ1v) is 11.2. The molecule has 6 nitrogen and oxygen atoms in total. The standard InChI is InChI=1S/C24H25Cl2FN2O4/c1-23(2,22(31)32)13-4-5-15(17(27)10-13)24(8-9-33-12-24)28-21(30)19-11-14-18(29(19)3)7-6-16(25)20(14)26/h4-7,10-11,21,28,30H,8-9,12H2,1-3H3,(H,31,32). The molecule has 0 aliphatic carbocycles. The molecular weight excluding hydrogens is 470 g/mol. The van der Waals surface area contributed by atoms with Crippen LogP contribution in [-0.2, 0) is 27.5 Å². The predicted molar refractivity (Wildman–Crippen MR) is 125 cm³/mol. The van der Waals surface area contributed by atoms with Crippen molar-refractivity contribution in [1.82, 2.24) is 9.88 Å². The Bertz CT molecular complexity index is 1230. The molecule has 33 heavy (non-hydrogen) atoms. The van der Waals surface area contributed by atoms with Gasteiger partial charge in [-0.2, -0.15) is 0 Å². The van der Waals surface area contributed by atoms with E-state index < -0.39 is 29.0 Å². The minimum Gasteiger partial charge on any atom is -0.481 e. The Morgan fingerprint density at radius 2 is 2.00 bits per heavy atom. The Kier molecular flexibility index (Phi) is 6.22.